The largest absolute Gasteiger partial charge is 0.301 e. The highest BCUT2D eigenvalue weighted by molar-refractivity contribution is 5.30. The molecule has 1 aromatic carbocycles. The molecule has 0 radical (unpaired) electrons. The van der Waals surface area contributed by atoms with Gasteiger partial charge in [0.15, 0.2) is 0 Å². The number of aliphatic imine (C=N–C) groups is 1. The maximum Gasteiger partial charge on any atom is 0.0385 e. The summed E-state index contributed by atoms with van der Waals surface area (Å²) in [6, 6.07) is 6.61. The first-order valence-electron chi connectivity index (χ1n) is 4.72. The molecule has 0 unspecified atom stereocenters. The van der Waals surface area contributed by atoms with Gasteiger partial charge < -0.3 is 4.99 Å². The number of hydrogen-bond acceptors (Lipinski definition) is 1. The van der Waals surface area contributed by atoms with Crippen LogP contribution >= 0.6 is 0 Å². The second-order valence-corrected chi connectivity index (χ2v) is 3.48. The number of rotatable bonds is 4. The maximum atomic E-state index is 3.85. The van der Waals surface area contributed by atoms with Crippen molar-refractivity contribution in [1.29, 1.82) is 0 Å². The van der Waals surface area contributed by atoms with Gasteiger partial charge >= 0.3 is 0 Å². The first-order valence-corrected chi connectivity index (χ1v) is 4.72. The van der Waals surface area contributed by atoms with Gasteiger partial charge in [0.05, 0.1) is 0 Å². The van der Waals surface area contributed by atoms with Crippen LogP contribution < -0.4 is 0 Å². The third-order valence-corrected chi connectivity index (χ3v) is 2.27. The van der Waals surface area contributed by atoms with Gasteiger partial charge in [-0.1, -0.05) is 23.8 Å². The molecule has 13 heavy (non-hydrogen) atoms. The highest BCUT2D eigenvalue weighted by Gasteiger charge is 1.97. The van der Waals surface area contributed by atoms with E-state index in [9.17, 15) is 0 Å². The van der Waals surface area contributed by atoms with E-state index in [1.165, 1.54) is 16.7 Å². The van der Waals surface area contributed by atoms with Crippen LogP contribution in [0.15, 0.2) is 23.2 Å². The van der Waals surface area contributed by atoms with E-state index in [0.717, 1.165) is 19.4 Å². The van der Waals surface area contributed by atoms with Crippen LogP contribution in [0.4, 0.5) is 0 Å². The van der Waals surface area contributed by atoms with Crippen molar-refractivity contribution >= 4 is 6.72 Å². The van der Waals surface area contributed by atoms with Gasteiger partial charge in [0.1, 0.15) is 0 Å². The van der Waals surface area contributed by atoms with Crippen LogP contribution in [0.3, 0.4) is 0 Å². The number of hydrogen-bond donors (Lipinski definition) is 0. The van der Waals surface area contributed by atoms with Crippen LogP contribution in [0.5, 0.6) is 0 Å². The summed E-state index contributed by atoms with van der Waals surface area (Å²) in [5, 5.41) is 0. The fourth-order valence-electron chi connectivity index (χ4n) is 1.45. The summed E-state index contributed by atoms with van der Waals surface area (Å²) in [6.07, 6.45) is 2.22. The zero-order valence-electron chi connectivity index (χ0n) is 8.51. The molecule has 0 fully saturated rings. The Morgan fingerprint density at radius 1 is 1.31 bits per heavy atom. The minimum Gasteiger partial charge on any atom is -0.301 e. The van der Waals surface area contributed by atoms with E-state index in [-0.39, 0.29) is 0 Å². The molecule has 70 valence electrons. The molecule has 1 rings (SSSR count). The van der Waals surface area contributed by atoms with Crippen molar-refractivity contribution < 1.29 is 0 Å². The average molecular weight is 175 g/mol. The highest BCUT2D eigenvalue weighted by Crippen LogP contribution is 2.12. The molecule has 0 saturated heterocycles. The van der Waals surface area contributed by atoms with Gasteiger partial charge in [0.2, 0.25) is 0 Å². The van der Waals surface area contributed by atoms with Gasteiger partial charge in [-0.15, -0.1) is 0 Å². The summed E-state index contributed by atoms with van der Waals surface area (Å²) in [5.41, 5.74) is 4.17. The highest BCUT2D eigenvalue weighted by atomic mass is 14.7. The molecule has 0 aliphatic carbocycles. The topological polar surface area (TPSA) is 12.4 Å². The maximum absolute atomic E-state index is 3.85. The fraction of sp³-hybridized carbons (Fsp3) is 0.417. The smallest absolute Gasteiger partial charge is 0.0385 e. The van der Waals surface area contributed by atoms with E-state index in [1.807, 2.05) is 0 Å². The number of aryl methyl sites for hydroxylation is 3. The predicted molar refractivity (Wildman–Crippen MR) is 58.7 cm³/mol. The standard InChI is InChI=1S/C12H17N/c1-10-6-7-11(2)12(9-10)5-4-8-13-3/h6-7,9H,3-5,8H2,1-2H3. The Hall–Kier alpha value is -1.11. The van der Waals surface area contributed by atoms with Crippen molar-refractivity contribution in [2.24, 2.45) is 4.99 Å². The summed E-state index contributed by atoms with van der Waals surface area (Å²) in [4.78, 5) is 3.85. The molecule has 0 amide bonds. The van der Waals surface area contributed by atoms with Gasteiger partial charge in [0.25, 0.3) is 0 Å². The molecule has 0 atom stereocenters. The van der Waals surface area contributed by atoms with E-state index < -0.39 is 0 Å². The second-order valence-electron chi connectivity index (χ2n) is 3.48. The van der Waals surface area contributed by atoms with Crippen molar-refractivity contribution in [3.8, 4) is 0 Å². The minimum atomic E-state index is 0.868. The molecule has 0 aromatic heterocycles. The number of nitrogens with zero attached hydrogens (tertiary/aromatic N) is 1. The molecule has 1 aromatic rings. The molecule has 0 spiro atoms. The Labute approximate surface area is 80.5 Å². The Bertz CT molecular complexity index is 289. The minimum absolute atomic E-state index is 0.868. The second kappa shape index (κ2) is 4.80. The number of benzene rings is 1. The molecule has 0 saturated carbocycles. The normalized spacial score (nSPS) is 10.0. The lowest BCUT2D eigenvalue weighted by atomic mass is 10.0. The van der Waals surface area contributed by atoms with Crippen molar-refractivity contribution in [3.05, 3.63) is 34.9 Å². The Balaban J connectivity index is 2.64. The molecule has 1 heteroatoms. The molecule has 0 heterocycles. The quantitative estimate of drug-likeness (QED) is 0.493. The Kier molecular flexibility index (Phi) is 3.69. The summed E-state index contributed by atoms with van der Waals surface area (Å²) in [6.45, 7) is 8.65. The fourth-order valence-corrected chi connectivity index (χ4v) is 1.45. The lowest BCUT2D eigenvalue weighted by Crippen LogP contribution is -1.92. The third-order valence-electron chi connectivity index (χ3n) is 2.27. The van der Waals surface area contributed by atoms with E-state index in [2.05, 4.69) is 43.8 Å². The zero-order chi connectivity index (χ0) is 9.68. The van der Waals surface area contributed by atoms with Gasteiger partial charge in [-0.2, -0.15) is 0 Å². The summed E-state index contributed by atoms with van der Waals surface area (Å²) in [7, 11) is 0. The van der Waals surface area contributed by atoms with Gasteiger partial charge in [0, 0.05) is 6.54 Å². The molecule has 0 bridgehead atoms. The van der Waals surface area contributed by atoms with Crippen molar-refractivity contribution in [2.75, 3.05) is 6.54 Å². The van der Waals surface area contributed by atoms with E-state index >= 15 is 0 Å². The zero-order valence-corrected chi connectivity index (χ0v) is 8.51. The Morgan fingerprint density at radius 2 is 2.08 bits per heavy atom. The van der Waals surface area contributed by atoms with Crippen LogP contribution in [-0.4, -0.2) is 13.3 Å². The molecule has 0 N–H and O–H groups in total. The van der Waals surface area contributed by atoms with Crippen molar-refractivity contribution in [1.82, 2.24) is 0 Å². The van der Waals surface area contributed by atoms with Crippen LogP contribution in [0.25, 0.3) is 0 Å². The molecule has 1 nitrogen and oxygen atoms in total. The van der Waals surface area contributed by atoms with Gasteiger partial charge in [-0.05, 0) is 44.5 Å². The van der Waals surface area contributed by atoms with Gasteiger partial charge in [-0.25, -0.2) is 0 Å². The average Bonchev–Trinajstić information content (AvgIpc) is 2.11. The van der Waals surface area contributed by atoms with Crippen LogP contribution in [0.1, 0.15) is 23.1 Å². The Morgan fingerprint density at radius 3 is 2.77 bits per heavy atom. The van der Waals surface area contributed by atoms with Crippen LogP contribution in [0.2, 0.25) is 0 Å². The monoisotopic (exact) mass is 175 g/mol. The van der Waals surface area contributed by atoms with Crippen molar-refractivity contribution in [2.45, 2.75) is 26.7 Å². The SMILES string of the molecule is C=NCCCc1cc(C)ccc1C. The van der Waals surface area contributed by atoms with Crippen LogP contribution in [-0.2, 0) is 6.42 Å². The third kappa shape index (κ3) is 3.02. The van der Waals surface area contributed by atoms with Gasteiger partial charge in [-0.3, -0.25) is 0 Å². The van der Waals surface area contributed by atoms with E-state index in [4.69, 9.17) is 0 Å². The first kappa shape index (κ1) is 9.97. The van der Waals surface area contributed by atoms with Crippen LogP contribution in [0, 0.1) is 13.8 Å². The predicted octanol–water partition coefficient (Wildman–Crippen LogP) is 2.94. The lowest BCUT2D eigenvalue weighted by Gasteiger charge is -2.05. The van der Waals surface area contributed by atoms with E-state index in [1.54, 1.807) is 0 Å². The molecule has 0 aliphatic heterocycles. The summed E-state index contributed by atoms with van der Waals surface area (Å²) in [5.74, 6) is 0. The molecular weight excluding hydrogens is 158 g/mol. The first-order chi connectivity index (χ1) is 6.24. The summed E-state index contributed by atoms with van der Waals surface area (Å²) >= 11 is 0. The molecule has 0 aliphatic rings. The molecular formula is C12H17N. The van der Waals surface area contributed by atoms with E-state index in [0.29, 0.717) is 0 Å². The lowest BCUT2D eigenvalue weighted by molar-refractivity contribution is 0.832. The summed E-state index contributed by atoms with van der Waals surface area (Å²) < 4.78 is 0. The van der Waals surface area contributed by atoms with Crippen molar-refractivity contribution in [3.63, 3.8) is 0 Å².